The molecule has 3 rings (SSSR count). The molecule has 0 unspecified atom stereocenters. The molecule has 2 aromatic rings. The zero-order valence-corrected chi connectivity index (χ0v) is 12.8. The van der Waals surface area contributed by atoms with Crippen LogP contribution in [-0.2, 0) is 0 Å². The van der Waals surface area contributed by atoms with Crippen LogP contribution in [0.3, 0.4) is 0 Å². The number of hydrogen-bond acceptors (Lipinski definition) is 4. The minimum absolute atomic E-state index is 0.711. The Morgan fingerprint density at radius 3 is 2.33 bits per heavy atom. The van der Waals surface area contributed by atoms with Crippen molar-refractivity contribution in [3.63, 3.8) is 0 Å². The molecular weight excluding hydrogens is 286 g/mol. The molecule has 21 heavy (non-hydrogen) atoms. The van der Waals surface area contributed by atoms with E-state index in [4.69, 9.17) is 16.3 Å². The van der Waals surface area contributed by atoms with Crippen LogP contribution in [-0.4, -0.2) is 38.3 Å². The second kappa shape index (κ2) is 6.22. The number of para-hydroxylation sites is 2. The van der Waals surface area contributed by atoms with Crippen LogP contribution in [0.15, 0.2) is 42.7 Å². The number of ether oxygens (including phenoxy) is 1. The van der Waals surface area contributed by atoms with Crippen molar-refractivity contribution in [1.29, 1.82) is 0 Å². The number of benzene rings is 1. The molecule has 1 aromatic heterocycles. The van der Waals surface area contributed by atoms with E-state index in [0.717, 1.165) is 43.3 Å². The zero-order valence-electron chi connectivity index (χ0n) is 12.0. The number of pyridine rings is 1. The second-order valence-corrected chi connectivity index (χ2v) is 5.38. The number of halogens is 1. The van der Waals surface area contributed by atoms with E-state index >= 15 is 0 Å². The Hall–Kier alpha value is -1.94. The lowest BCUT2D eigenvalue weighted by Crippen LogP contribution is -2.46. The van der Waals surface area contributed by atoms with Gasteiger partial charge in [-0.2, -0.15) is 0 Å². The number of rotatable bonds is 3. The highest BCUT2D eigenvalue weighted by atomic mass is 35.5. The molecule has 110 valence electrons. The summed E-state index contributed by atoms with van der Waals surface area (Å²) in [5.41, 5.74) is 2.21. The molecule has 0 aliphatic carbocycles. The highest BCUT2D eigenvalue weighted by Crippen LogP contribution is 2.30. The van der Waals surface area contributed by atoms with Crippen molar-refractivity contribution in [3.05, 3.63) is 47.7 Å². The van der Waals surface area contributed by atoms with Gasteiger partial charge in [0.1, 0.15) is 5.75 Å². The van der Waals surface area contributed by atoms with Crippen LogP contribution in [0.4, 0.5) is 11.4 Å². The summed E-state index contributed by atoms with van der Waals surface area (Å²) in [6.45, 7) is 3.75. The minimum atomic E-state index is 0.711. The minimum Gasteiger partial charge on any atom is -0.495 e. The molecule has 4 nitrogen and oxygen atoms in total. The molecule has 1 fully saturated rings. The molecule has 0 N–H and O–H groups in total. The number of hydrogen-bond donors (Lipinski definition) is 0. The van der Waals surface area contributed by atoms with Crippen molar-refractivity contribution < 1.29 is 4.74 Å². The first-order valence-corrected chi connectivity index (χ1v) is 7.40. The molecule has 1 aliphatic heterocycles. The Bertz CT molecular complexity index is 612. The summed E-state index contributed by atoms with van der Waals surface area (Å²) < 4.78 is 5.44. The summed E-state index contributed by atoms with van der Waals surface area (Å²) in [6.07, 6.45) is 3.48. The van der Waals surface area contributed by atoms with Gasteiger partial charge in [0, 0.05) is 38.6 Å². The van der Waals surface area contributed by atoms with Crippen molar-refractivity contribution in [2.24, 2.45) is 0 Å². The van der Waals surface area contributed by atoms with E-state index < -0.39 is 0 Å². The van der Waals surface area contributed by atoms with E-state index in [1.807, 2.05) is 24.3 Å². The average Bonchev–Trinajstić information content (AvgIpc) is 2.55. The highest BCUT2D eigenvalue weighted by Gasteiger charge is 2.20. The van der Waals surface area contributed by atoms with Crippen LogP contribution in [0.25, 0.3) is 0 Å². The second-order valence-electron chi connectivity index (χ2n) is 4.97. The Kier molecular flexibility index (Phi) is 4.15. The lowest BCUT2D eigenvalue weighted by atomic mass is 10.2. The largest absolute Gasteiger partial charge is 0.495 e. The maximum absolute atomic E-state index is 6.22. The van der Waals surface area contributed by atoms with E-state index in [1.165, 1.54) is 0 Å². The van der Waals surface area contributed by atoms with Gasteiger partial charge >= 0.3 is 0 Å². The third-order valence-corrected chi connectivity index (χ3v) is 4.09. The zero-order chi connectivity index (χ0) is 14.7. The van der Waals surface area contributed by atoms with E-state index in [2.05, 4.69) is 20.9 Å². The molecule has 1 aliphatic rings. The van der Waals surface area contributed by atoms with Gasteiger partial charge in [-0.15, -0.1) is 0 Å². The van der Waals surface area contributed by atoms with Gasteiger partial charge in [-0.3, -0.25) is 4.98 Å². The standard InChI is InChI=1S/C16H18ClN3O/c1-21-16-5-3-2-4-15(16)20-10-8-19(9-11-20)14-6-7-18-12-13(14)17/h2-7,12H,8-11H2,1H3. The molecule has 5 heteroatoms. The summed E-state index contributed by atoms with van der Waals surface area (Å²) in [7, 11) is 1.71. The van der Waals surface area contributed by atoms with Crippen LogP contribution < -0.4 is 14.5 Å². The van der Waals surface area contributed by atoms with Gasteiger partial charge in [0.15, 0.2) is 0 Å². The van der Waals surface area contributed by atoms with E-state index in [0.29, 0.717) is 5.02 Å². The Balaban J connectivity index is 1.72. The molecule has 0 atom stereocenters. The number of anilines is 2. The van der Waals surface area contributed by atoms with Gasteiger partial charge in [-0.25, -0.2) is 0 Å². The van der Waals surface area contributed by atoms with Crippen LogP contribution in [0.2, 0.25) is 5.02 Å². The molecule has 1 saturated heterocycles. The quantitative estimate of drug-likeness (QED) is 0.871. The van der Waals surface area contributed by atoms with Gasteiger partial charge in [-0.1, -0.05) is 23.7 Å². The lowest BCUT2D eigenvalue weighted by molar-refractivity contribution is 0.413. The topological polar surface area (TPSA) is 28.6 Å². The molecule has 0 radical (unpaired) electrons. The fourth-order valence-electron chi connectivity index (χ4n) is 2.70. The third kappa shape index (κ3) is 2.90. The Morgan fingerprint density at radius 2 is 1.67 bits per heavy atom. The SMILES string of the molecule is COc1ccccc1N1CCN(c2ccncc2Cl)CC1. The fraction of sp³-hybridized carbons (Fsp3) is 0.312. The van der Waals surface area contributed by atoms with E-state index in [9.17, 15) is 0 Å². The maximum atomic E-state index is 6.22. The number of nitrogens with zero attached hydrogens (tertiary/aromatic N) is 3. The summed E-state index contributed by atoms with van der Waals surface area (Å²) in [5.74, 6) is 0.924. The average molecular weight is 304 g/mol. The molecule has 0 amide bonds. The Labute approximate surface area is 129 Å². The summed E-state index contributed by atoms with van der Waals surface area (Å²) >= 11 is 6.22. The van der Waals surface area contributed by atoms with E-state index in [-0.39, 0.29) is 0 Å². The van der Waals surface area contributed by atoms with Crippen molar-refractivity contribution in [3.8, 4) is 5.75 Å². The van der Waals surface area contributed by atoms with Crippen LogP contribution in [0.5, 0.6) is 5.75 Å². The van der Waals surface area contributed by atoms with Crippen molar-refractivity contribution in [1.82, 2.24) is 4.98 Å². The summed E-state index contributed by atoms with van der Waals surface area (Å²) in [5, 5.41) is 0.711. The first-order chi connectivity index (χ1) is 10.3. The van der Waals surface area contributed by atoms with Crippen molar-refractivity contribution in [2.45, 2.75) is 0 Å². The molecule has 2 heterocycles. The smallest absolute Gasteiger partial charge is 0.142 e. The summed E-state index contributed by atoms with van der Waals surface area (Å²) in [6, 6.07) is 10.1. The fourth-order valence-corrected chi connectivity index (χ4v) is 2.94. The number of aromatic nitrogens is 1. The van der Waals surface area contributed by atoms with Gasteiger partial charge in [0.25, 0.3) is 0 Å². The van der Waals surface area contributed by atoms with Gasteiger partial charge in [-0.05, 0) is 18.2 Å². The normalized spacial score (nSPS) is 15.1. The predicted molar refractivity (Wildman–Crippen MR) is 86.7 cm³/mol. The molecular formula is C16H18ClN3O. The van der Waals surface area contributed by atoms with Crippen LogP contribution in [0, 0.1) is 0 Å². The lowest BCUT2D eigenvalue weighted by Gasteiger charge is -2.38. The Morgan fingerprint density at radius 1 is 1.00 bits per heavy atom. The molecule has 0 bridgehead atoms. The van der Waals surface area contributed by atoms with Crippen LogP contribution in [0.1, 0.15) is 0 Å². The molecule has 1 aromatic carbocycles. The molecule has 0 spiro atoms. The van der Waals surface area contributed by atoms with Gasteiger partial charge < -0.3 is 14.5 Å². The summed E-state index contributed by atoms with van der Waals surface area (Å²) in [4.78, 5) is 8.69. The van der Waals surface area contributed by atoms with Gasteiger partial charge in [0.2, 0.25) is 0 Å². The molecule has 0 saturated carbocycles. The first kappa shape index (κ1) is 14.0. The number of methoxy groups -OCH3 is 1. The first-order valence-electron chi connectivity index (χ1n) is 7.02. The maximum Gasteiger partial charge on any atom is 0.142 e. The van der Waals surface area contributed by atoms with Crippen molar-refractivity contribution >= 4 is 23.0 Å². The number of piperazine rings is 1. The van der Waals surface area contributed by atoms with E-state index in [1.54, 1.807) is 19.5 Å². The monoisotopic (exact) mass is 303 g/mol. The van der Waals surface area contributed by atoms with Crippen LogP contribution >= 0.6 is 11.6 Å². The highest BCUT2D eigenvalue weighted by molar-refractivity contribution is 6.33. The predicted octanol–water partition coefficient (Wildman–Crippen LogP) is 3.07. The van der Waals surface area contributed by atoms with Crippen molar-refractivity contribution in [2.75, 3.05) is 43.1 Å². The third-order valence-electron chi connectivity index (χ3n) is 3.80. The van der Waals surface area contributed by atoms with Gasteiger partial charge in [0.05, 0.1) is 23.5 Å².